The van der Waals surface area contributed by atoms with Gasteiger partial charge in [0.15, 0.2) is 0 Å². The highest BCUT2D eigenvalue weighted by atomic mass is 31.2. The van der Waals surface area contributed by atoms with E-state index in [2.05, 4.69) is 55.6 Å². The number of rotatable bonds is 66. The third kappa shape index (κ3) is 64.3. The van der Waals surface area contributed by atoms with Crippen molar-refractivity contribution < 1.29 is 32.9 Å². The van der Waals surface area contributed by atoms with Crippen molar-refractivity contribution in [3.05, 3.63) is 36.5 Å². The van der Waals surface area contributed by atoms with Gasteiger partial charge in [-0.1, -0.05) is 339 Å². The zero-order valence-electron chi connectivity index (χ0n) is 54.3. The molecule has 0 aliphatic carbocycles. The van der Waals surface area contributed by atoms with Gasteiger partial charge in [-0.25, -0.2) is 0 Å². The fourth-order valence-electron chi connectivity index (χ4n) is 10.9. The highest BCUT2D eigenvalue weighted by molar-refractivity contribution is 7.45. The normalized spacial score (nSPS) is 13.8. The maximum Gasteiger partial charge on any atom is 0.268 e. The molecule has 0 saturated carbocycles. The predicted octanol–water partition coefficient (Wildman–Crippen LogP) is 21.8. The number of phosphoric acid groups is 1. The second-order valence-electron chi connectivity index (χ2n) is 25.6. The zero-order chi connectivity index (χ0) is 58.4. The number of hydrogen-bond acceptors (Lipinski definition) is 6. The Labute approximate surface area is 499 Å². The topological polar surface area (TPSA) is 108 Å². The smallest absolute Gasteiger partial charge is 0.268 e. The predicted molar refractivity (Wildman–Crippen MR) is 348 cm³/mol. The lowest BCUT2D eigenvalue weighted by molar-refractivity contribution is -0.870. The number of nitrogens with one attached hydrogen (secondary N) is 1. The summed E-state index contributed by atoms with van der Waals surface area (Å²) in [6, 6.07) is -0.800. The van der Waals surface area contributed by atoms with Gasteiger partial charge in [0.2, 0.25) is 5.91 Å². The number of likely N-dealkylation sites (N-methyl/N-ethyl adjacent to an activating group) is 1. The first-order valence-corrected chi connectivity index (χ1v) is 36.8. The highest BCUT2D eigenvalue weighted by Crippen LogP contribution is 2.38. The van der Waals surface area contributed by atoms with Crippen molar-refractivity contribution in [3.8, 4) is 0 Å². The molecule has 0 aromatic carbocycles. The van der Waals surface area contributed by atoms with Crippen molar-refractivity contribution in [1.29, 1.82) is 0 Å². The number of nitrogens with zero attached hydrogens (tertiary/aromatic N) is 1. The standard InChI is InChI=1S/C71H139N2O6P/c1-6-8-10-12-14-16-18-20-22-24-26-28-30-31-32-33-34-35-36-37-38-39-40-41-43-45-47-49-51-53-55-57-59-61-63-65-71(75)72-69(68-79-80(76,77)78-67-66-73(3,4)5)70(74)64-62-60-58-56-54-52-50-48-46-44-42-29-27-25-23-21-19-17-15-13-11-9-7-2/h18,20,24,26,30-31,69-70,74H,6-17,19,21-23,25,27-29,32-68H2,1-5H3,(H-,72,75,76,77)/b20-18-,26-24-,31-30-. The lowest BCUT2D eigenvalue weighted by atomic mass is 10.0. The van der Waals surface area contributed by atoms with Crippen molar-refractivity contribution in [1.82, 2.24) is 5.32 Å². The fraction of sp³-hybridized carbons (Fsp3) is 0.901. The van der Waals surface area contributed by atoms with Crippen LogP contribution in [0.5, 0.6) is 0 Å². The molecule has 0 fully saturated rings. The number of aliphatic hydroxyl groups is 1. The number of unbranched alkanes of at least 4 members (excludes halogenated alkanes) is 47. The molecule has 8 nitrogen and oxygen atoms in total. The van der Waals surface area contributed by atoms with E-state index in [0.29, 0.717) is 23.9 Å². The Morgan fingerprint density at radius 3 is 1.05 bits per heavy atom. The first-order valence-electron chi connectivity index (χ1n) is 35.3. The minimum atomic E-state index is -4.58. The van der Waals surface area contributed by atoms with E-state index in [1.807, 2.05) is 21.1 Å². The van der Waals surface area contributed by atoms with Crippen LogP contribution in [0.1, 0.15) is 361 Å². The van der Waals surface area contributed by atoms with Crippen molar-refractivity contribution in [2.24, 2.45) is 0 Å². The highest BCUT2D eigenvalue weighted by Gasteiger charge is 2.24. The Morgan fingerprint density at radius 1 is 0.438 bits per heavy atom. The van der Waals surface area contributed by atoms with E-state index in [4.69, 9.17) is 9.05 Å². The third-order valence-electron chi connectivity index (χ3n) is 16.4. The molecule has 0 aromatic rings. The molecule has 0 aromatic heterocycles. The van der Waals surface area contributed by atoms with Crippen LogP contribution in [-0.2, 0) is 18.4 Å². The van der Waals surface area contributed by atoms with E-state index in [1.165, 1.54) is 283 Å². The average molecular weight is 1150 g/mol. The van der Waals surface area contributed by atoms with Crippen LogP contribution in [0.25, 0.3) is 0 Å². The summed E-state index contributed by atoms with van der Waals surface area (Å²) in [7, 11) is 1.32. The molecule has 1 amide bonds. The molecule has 9 heteroatoms. The third-order valence-corrected chi connectivity index (χ3v) is 17.3. The molecule has 474 valence electrons. The summed E-state index contributed by atoms with van der Waals surface area (Å²) in [5, 5.41) is 14.1. The summed E-state index contributed by atoms with van der Waals surface area (Å²) in [6.07, 6.45) is 82.2. The van der Waals surface area contributed by atoms with Gasteiger partial charge >= 0.3 is 0 Å². The van der Waals surface area contributed by atoms with Gasteiger partial charge in [-0.2, -0.15) is 0 Å². The number of carbonyl (C=O) groups excluding carboxylic acids is 1. The Kier molecular flexibility index (Phi) is 61.3. The van der Waals surface area contributed by atoms with Gasteiger partial charge in [0, 0.05) is 6.42 Å². The average Bonchev–Trinajstić information content (AvgIpc) is 3.42. The van der Waals surface area contributed by atoms with Crippen molar-refractivity contribution in [2.45, 2.75) is 373 Å². The number of amides is 1. The minimum absolute atomic E-state index is 0.0144. The first-order chi connectivity index (χ1) is 39.0. The molecule has 0 saturated heterocycles. The number of aliphatic hydroxyl groups excluding tert-OH is 1. The SMILES string of the molecule is CCCCCCC/C=C\C/C=C\C/C=C\CCCCCCCCCCCCCCCCCCCCCCC(=O)NC(COP(=O)([O-])OCC[N+](C)(C)C)C(O)CCCCCCCCCCCCCCCCCCCCCCCCC. The molecule has 0 spiro atoms. The van der Waals surface area contributed by atoms with E-state index in [0.717, 1.165) is 51.4 Å². The molecule has 0 heterocycles. The summed E-state index contributed by atoms with van der Waals surface area (Å²) in [5.74, 6) is -0.157. The van der Waals surface area contributed by atoms with Crippen LogP contribution in [0.3, 0.4) is 0 Å². The van der Waals surface area contributed by atoms with Gasteiger partial charge in [0.05, 0.1) is 39.9 Å². The molecular weight excluding hydrogens is 1010 g/mol. The van der Waals surface area contributed by atoms with Crippen LogP contribution in [0.4, 0.5) is 0 Å². The number of quaternary nitrogens is 1. The van der Waals surface area contributed by atoms with E-state index in [1.54, 1.807) is 0 Å². The van der Waals surface area contributed by atoms with Crippen LogP contribution in [-0.4, -0.2) is 68.5 Å². The van der Waals surface area contributed by atoms with Gasteiger partial charge in [-0.05, 0) is 51.4 Å². The van der Waals surface area contributed by atoms with Crippen molar-refractivity contribution in [3.63, 3.8) is 0 Å². The Morgan fingerprint density at radius 2 is 0.725 bits per heavy atom. The molecule has 3 unspecified atom stereocenters. The van der Waals surface area contributed by atoms with E-state index >= 15 is 0 Å². The maximum atomic E-state index is 13.1. The fourth-order valence-corrected chi connectivity index (χ4v) is 11.6. The van der Waals surface area contributed by atoms with Crippen LogP contribution >= 0.6 is 7.82 Å². The van der Waals surface area contributed by atoms with Crippen LogP contribution < -0.4 is 10.2 Å². The molecule has 0 aliphatic rings. The summed E-state index contributed by atoms with van der Waals surface area (Å²) in [6.45, 7) is 4.77. The number of allylic oxidation sites excluding steroid dienone is 6. The van der Waals surface area contributed by atoms with Gasteiger partial charge in [-0.15, -0.1) is 0 Å². The van der Waals surface area contributed by atoms with E-state index in [9.17, 15) is 19.4 Å². The summed E-state index contributed by atoms with van der Waals surface area (Å²) in [4.78, 5) is 25.7. The largest absolute Gasteiger partial charge is 0.756 e. The second-order valence-corrected chi connectivity index (χ2v) is 27.0. The molecule has 0 rings (SSSR count). The van der Waals surface area contributed by atoms with Gasteiger partial charge in [-0.3, -0.25) is 9.36 Å². The van der Waals surface area contributed by atoms with Crippen molar-refractivity contribution >= 4 is 13.7 Å². The number of carbonyl (C=O) groups is 1. The summed E-state index contributed by atoms with van der Waals surface area (Å²) < 4.78 is 23.5. The minimum Gasteiger partial charge on any atom is -0.756 e. The molecule has 0 aliphatic heterocycles. The zero-order valence-corrected chi connectivity index (χ0v) is 55.2. The lowest BCUT2D eigenvalue weighted by Crippen LogP contribution is -2.46. The van der Waals surface area contributed by atoms with Crippen molar-refractivity contribution in [2.75, 3.05) is 40.9 Å². The maximum absolute atomic E-state index is 13.1. The Hall–Kier alpha value is -1.28. The molecule has 0 bridgehead atoms. The van der Waals surface area contributed by atoms with Gasteiger partial charge in [0.25, 0.3) is 7.82 Å². The summed E-state index contributed by atoms with van der Waals surface area (Å²) >= 11 is 0. The quantitative estimate of drug-likeness (QED) is 0.0272. The van der Waals surface area contributed by atoms with Crippen LogP contribution in [0.2, 0.25) is 0 Å². The summed E-state index contributed by atoms with van der Waals surface area (Å²) in [5.41, 5.74) is 0. The molecule has 0 radical (unpaired) electrons. The number of hydrogen-bond donors (Lipinski definition) is 2. The molecule has 2 N–H and O–H groups in total. The lowest BCUT2D eigenvalue weighted by Gasteiger charge is -2.30. The second kappa shape index (κ2) is 62.3. The van der Waals surface area contributed by atoms with E-state index in [-0.39, 0.29) is 19.1 Å². The molecule has 3 atom stereocenters. The van der Waals surface area contributed by atoms with Gasteiger partial charge in [0.1, 0.15) is 13.2 Å². The first kappa shape index (κ1) is 78.7. The van der Waals surface area contributed by atoms with Crippen LogP contribution in [0, 0.1) is 0 Å². The molecular formula is C71H139N2O6P. The molecule has 80 heavy (non-hydrogen) atoms. The number of phosphoric ester groups is 1. The monoisotopic (exact) mass is 1150 g/mol. The van der Waals surface area contributed by atoms with Crippen LogP contribution in [0.15, 0.2) is 36.5 Å². The van der Waals surface area contributed by atoms with Gasteiger partial charge < -0.3 is 28.8 Å². The Bertz CT molecular complexity index is 1400. The van der Waals surface area contributed by atoms with E-state index < -0.39 is 20.0 Å². The Balaban J connectivity index is 3.97.